The third kappa shape index (κ3) is 4.75. The van der Waals surface area contributed by atoms with Crippen LogP contribution in [-0.4, -0.2) is 27.9 Å². The number of phenols is 1. The van der Waals surface area contributed by atoms with Gasteiger partial charge >= 0.3 is 0 Å². The molecule has 0 radical (unpaired) electrons. The van der Waals surface area contributed by atoms with Crippen LogP contribution in [-0.2, 0) is 16.0 Å². The molecule has 3 N–H and O–H groups in total. The van der Waals surface area contributed by atoms with Crippen molar-refractivity contribution < 1.29 is 28.3 Å². The van der Waals surface area contributed by atoms with Crippen molar-refractivity contribution in [2.24, 2.45) is 5.10 Å². The summed E-state index contributed by atoms with van der Waals surface area (Å²) < 4.78 is 29.1. The molecule has 0 bridgehead atoms. The van der Waals surface area contributed by atoms with E-state index in [2.05, 4.69) is 15.8 Å². The molecule has 2 aliphatic rings. The monoisotopic (exact) mass is 534 g/mol. The van der Waals surface area contributed by atoms with Gasteiger partial charge in [0.2, 0.25) is 0 Å². The molecule has 1 saturated heterocycles. The van der Waals surface area contributed by atoms with Crippen LogP contribution >= 0.6 is 11.8 Å². The predicted molar refractivity (Wildman–Crippen MR) is 141 cm³/mol. The van der Waals surface area contributed by atoms with Crippen molar-refractivity contribution in [3.05, 3.63) is 87.8 Å². The van der Waals surface area contributed by atoms with Crippen LogP contribution in [0.1, 0.15) is 30.0 Å². The number of carbonyl (C=O) groups excluding carboxylic acids is 3. The Morgan fingerprint density at radius 2 is 1.84 bits per heavy atom. The van der Waals surface area contributed by atoms with Crippen molar-refractivity contribution in [2.75, 3.05) is 10.3 Å². The molecule has 2 heterocycles. The number of halogens is 2. The van der Waals surface area contributed by atoms with E-state index >= 15 is 0 Å². The third-order valence-electron chi connectivity index (χ3n) is 5.90. The summed E-state index contributed by atoms with van der Waals surface area (Å²) in [5.74, 6) is -3.25. The molecule has 5 rings (SSSR count). The highest BCUT2D eigenvalue weighted by atomic mass is 32.2. The maximum atomic E-state index is 14.9. The van der Waals surface area contributed by atoms with E-state index in [1.54, 1.807) is 18.2 Å². The number of aromatic hydroxyl groups is 1. The molecule has 0 saturated carbocycles. The average molecular weight is 535 g/mol. The van der Waals surface area contributed by atoms with Gasteiger partial charge in [0.05, 0.1) is 16.3 Å². The van der Waals surface area contributed by atoms with Gasteiger partial charge in [-0.25, -0.2) is 8.78 Å². The van der Waals surface area contributed by atoms with Gasteiger partial charge in [0.15, 0.2) is 11.5 Å². The lowest BCUT2D eigenvalue weighted by Gasteiger charge is -2.18. The lowest BCUT2D eigenvalue weighted by molar-refractivity contribution is -0.115. The molecule has 0 aromatic heterocycles. The van der Waals surface area contributed by atoms with Crippen molar-refractivity contribution in [1.29, 1.82) is 0 Å². The minimum absolute atomic E-state index is 0.0348. The zero-order chi connectivity index (χ0) is 27.0. The first-order valence-corrected chi connectivity index (χ1v) is 12.4. The molecule has 192 valence electrons. The van der Waals surface area contributed by atoms with Crippen LogP contribution in [0.25, 0.3) is 6.08 Å². The van der Waals surface area contributed by atoms with Crippen molar-refractivity contribution in [1.82, 2.24) is 5.32 Å². The number of fused-ring (bicyclic) bond motifs is 1. The number of nitrogens with zero attached hydrogens (tertiary/aromatic N) is 2. The molecular weight excluding hydrogens is 514 g/mol. The fourth-order valence-electron chi connectivity index (χ4n) is 4.17. The van der Waals surface area contributed by atoms with Crippen LogP contribution in [0, 0.1) is 11.6 Å². The van der Waals surface area contributed by atoms with E-state index < -0.39 is 28.7 Å². The quantitative estimate of drug-likeness (QED) is 0.221. The summed E-state index contributed by atoms with van der Waals surface area (Å²) in [6.45, 7) is 2.05. The Hall–Kier alpha value is -4.51. The van der Waals surface area contributed by atoms with Gasteiger partial charge in [-0.2, -0.15) is 5.10 Å². The molecule has 3 aromatic rings. The van der Waals surface area contributed by atoms with Gasteiger partial charge in [0.25, 0.3) is 17.1 Å². The maximum absolute atomic E-state index is 14.9. The van der Waals surface area contributed by atoms with Gasteiger partial charge in [-0.1, -0.05) is 31.5 Å². The number of imide groups is 1. The third-order valence-corrected chi connectivity index (χ3v) is 6.71. The van der Waals surface area contributed by atoms with Gasteiger partial charge in [-0.05, 0) is 65.7 Å². The summed E-state index contributed by atoms with van der Waals surface area (Å²) in [6, 6.07) is 13.2. The number of carbonyl (C=O) groups is 3. The number of rotatable bonds is 6. The van der Waals surface area contributed by atoms with Gasteiger partial charge < -0.3 is 5.11 Å². The molecule has 3 amide bonds. The van der Waals surface area contributed by atoms with E-state index in [9.17, 15) is 28.3 Å². The number of nitrogens with one attached hydrogen (secondary N) is 2. The van der Waals surface area contributed by atoms with Crippen LogP contribution in [0.4, 0.5) is 30.6 Å². The molecule has 0 aliphatic carbocycles. The van der Waals surface area contributed by atoms with Gasteiger partial charge in [-0.15, -0.1) is 0 Å². The van der Waals surface area contributed by atoms with E-state index in [0.29, 0.717) is 17.3 Å². The average Bonchev–Trinajstić information content (AvgIpc) is 3.33. The Balaban J connectivity index is 1.46. The highest BCUT2D eigenvalue weighted by Gasteiger charge is 2.38. The van der Waals surface area contributed by atoms with Crippen molar-refractivity contribution in [3.63, 3.8) is 0 Å². The summed E-state index contributed by atoms with van der Waals surface area (Å²) in [6.07, 6.45) is 3.23. The fourth-order valence-corrected chi connectivity index (χ4v) is 4.85. The normalized spacial score (nSPS) is 16.9. The van der Waals surface area contributed by atoms with Crippen molar-refractivity contribution >= 4 is 57.7 Å². The highest BCUT2D eigenvalue weighted by Crippen LogP contribution is 2.39. The van der Waals surface area contributed by atoms with E-state index in [-0.39, 0.29) is 33.3 Å². The summed E-state index contributed by atoms with van der Waals surface area (Å²) in [4.78, 5) is 37.8. The van der Waals surface area contributed by atoms with Crippen LogP contribution in [0.5, 0.6) is 5.75 Å². The first-order valence-electron chi connectivity index (χ1n) is 11.6. The minimum Gasteiger partial charge on any atom is -0.506 e. The number of phenolic OH excluding ortho intramolecular Hbond substituents is 1. The Morgan fingerprint density at radius 1 is 1.08 bits per heavy atom. The zero-order valence-electron chi connectivity index (χ0n) is 19.9. The number of anilines is 3. The first-order chi connectivity index (χ1) is 18.2. The summed E-state index contributed by atoms with van der Waals surface area (Å²) in [5.41, 5.74) is 4.21. The van der Waals surface area contributed by atoms with Gasteiger partial charge in [0.1, 0.15) is 11.6 Å². The second-order valence-corrected chi connectivity index (χ2v) is 9.56. The van der Waals surface area contributed by atoms with E-state index in [1.165, 1.54) is 18.2 Å². The topological polar surface area (TPSA) is 111 Å². The van der Waals surface area contributed by atoms with Crippen LogP contribution in [0.3, 0.4) is 0 Å². The fraction of sp³-hybridized carbons (Fsp3) is 0.111. The molecule has 3 aromatic carbocycles. The molecule has 8 nitrogen and oxygen atoms in total. The molecule has 0 atom stereocenters. The Labute approximate surface area is 220 Å². The number of thioether (sulfide) groups is 1. The lowest BCUT2D eigenvalue weighted by atomic mass is 10.1. The van der Waals surface area contributed by atoms with Crippen molar-refractivity contribution in [3.8, 4) is 5.75 Å². The van der Waals surface area contributed by atoms with Gasteiger partial charge in [0, 0.05) is 17.3 Å². The molecule has 38 heavy (non-hydrogen) atoms. The Morgan fingerprint density at radius 3 is 2.50 bits per heavy atom. The van der Waals surface area contributed by atoms with E-state index in [1.807, 2.05) is 19.1 Å². The number of hydrogen-bond acceptors (Lipinski definition) is 7. The number of hydrazone groups is 1. The molecule has 11 heteroatoms. The molecule has 0 unspecified atom stereocenters. The largest absolute Gasteiger partial charge is 0.506 e. The van der Waals surface area contributed by atoms with Gasteiger partial charge in [-0.3, -0.25) is 30.0 Å². The second-order valence-electron chi connectivity index (χ2n) is 8.54. The molecule has 1 fully saturated rings. The Kier molecular flexibility index (Phi) is 6.68. The summed E-state index contributed by atoms with van der Waals surface area (Å²) >= 11 is 0.742. The second kappa shape index (κ2) is 10.1. The van der Waals surface area contributed by atoms with Crippen LogP contribution in [0.2, 0.25) is 0 Å². The molecule has 2 aliphatic heterocycles. The smallest absolute Gasteiger partial charge is 0.290 e. The number of aryl methyl sites for hydroxylation is 1. The lowest BCUT2D eigenvalue weighted by Crippen LogP contribution is -2.26. The summed E-state index contributed by atoms with van der Waals surface area (Å²) in [7, 11) is 0. The predicted octanol–water partition coefficient (Wildman–Crippen LogP) is 5.44. The highest BCUT2D eigenvalue weighted by molar-refractivity contribution is 8.18. The summed E-state index contributed by atoms with van der Waals surface area (Å²) in [5, 5.41) is 16.2. The number of hydrogen-bond donors (Lipinski definition) is 3. The standard InChI is InChI=1S/C27H20F2N4O4S/c1-2-3-14-4-7-17(8-5-14)33-24-18(12-16(28)13-19(24)29)23(26(33)36)32-31-20-9-6-15(10-21(20)34)11-22-25(35)30-27(37)38-22/h4-13,31,34H,2-3H2,1H3,(H,30,35,37). The van der Waals surface area contributed by atoms with E-state index in [0.717, 1.165) is 41.1 Å². The number of amides is 3. The number of benzene rings is 3. The molecular formula is C27H20F2N4O4S. The zero-order valence-corrected chi connectivity index (χ0v) is 20.7. The maximum Gasteiger partial charge on any atom is 0.290 e. The van der Waals surface area contributed by atoms with Crippen molar-refractivity contribution in [2.45, 2.75) is 19.8 Å². The Bertz CT molecular complexity index is 1550. The minimum atomic E-state index is -0.913. The SMILES string of the molecule is CCCc1ccc(N2C(=O)C(=NNc3ccc(C=C4SC(=O)NC4=O)cc3O)c3cc(F)cc(F)c32)cc1. The first kappa shape index (κ1) is 25.2. The van der Waals surface area contributed by atoms with Crippen LogP contribution < -0.4 is 15.6 Å². The van der Waals surface area contributed by atoms with E-state index in [4.69, 9.17) is 0 Å². The van der Waals surface area contributed by atoms with Crippen LogP contribution in [0.15, 0.2) is 64.6 Å². The molecule has 0 spiro atoms.